The van der Waals surface area contributed by atoms with Crippen molar-refractivity contribution >= 4 is 0 Å². The van der Waals surface area contributed by atoms with Gasteiger partial charge in [0.15, 0.2) is 11.5 Å². The molecule has 3 heteroatoms. The lowest BCUT2D eigenvalue weighted by atomic mass is 9.91. The van der Waals surface area contributed by atoms with Gasteiger partial charge < -0.3 is 14.9 Å². The van der Waals surface area contributed by atoms with Crippen molar-refractivity contribution in [2.24, 2.45) is 0 Å². The van der Waals surface area contributed by atoms with E-state index in [0.717, 1.165) is 25.7 Å². The molecule has 180 valence electrons. The zero-order valence-electron chi connectivity index (χ0n) is 20.8. The molecular weight excluding hydrogens is 384 g/mol. The van der Waals surface area contributed by atoms with Gasteiger partial charge in [0.2, 0.25) is 5.75 Å². The smallest absolute Gasteiger partial charge is 0.200 e. The lowest BCUT2D eigenvalue weighted by molar-refractivity contribution is 0.0602. The zero-order chi connectivity index (χ0) is 22.8. The lowest BCUT2D eigenvalue weighted by Crippen LogP contribution is -2.32. The van der Waals surface area contributed by atoms with Crippen LogP contribution in [0.2, 0.25) is 0 Å². The molecule has 0 atom stereocenters. The van der Waals surface area contributed by atoms with Gasteiger partial charge in [-0.2, -0.15) is 0 Å². The van der Waals surface area contributed by atoms with Crippen LogP contribution in [0.3, 0.4) is 0 Å². The van der Waals surface area contributed by atoms with Crippen molar-refractivity contribution in [3.8, 4) is 17.2 Å². The molecule has 0 heterocycles. The Morgan fingerprint density at radius 2 is 1.06 bits per heavy atom. The molecule has 0 saturated carbocycles. The number of phenols is 2. The Hall–Kier alpha value is -1.38. The lowest BCUT2D eigenvalue weighted by Gasteiger charge is -2.31. The van der Waals surface area contributed by atoms with E-state index in [2.05, 4.69) is 20.8 Å². The van der Waals surface area contributed by atoms with E-state index in [1.807, 2.05) is 0 Å². The minimum absolute atomic E-state index is 0.112. The maximum atomic E-state index is 10.2. The van der Waals surface area contributed by atoms with Gasteiger partial charge in [-0.15, -0.1) is 0 Å². The van der Waals surface area contributed by atoms with Crippen LogP contribution < -0.4 is 4.74 Å². The van der Waals surface area contributed by atoms with Gasteiger partial charge in [0.1, 0.15) is 5.60 Å². The number of ether oxygens (including phenoxy) is 1. The highest BCUT2D eigenvalue weighted by molar-refractivity contribution is 5.49. The van der Waals surface area contributed by atoms with E-state index >= 15 is 0 Å². The number of hydrogen-bond acceptors (Lipinski definition) is 3. The Morgan fingerprint density at radius 3 is 1.52 bits per heavy atom. The number of aromatic hydroxyl groups is 2. The third-order valence-corrected chi connectivity index (χ3v) is 6.45. The average Bonchev–Trinajstić information content (AvgIpc) is 2.75. The average molecular weight is 435 g/mol. The molecule has 1 rings (SSSR count). The third-order valence-electron chi connectivity index (χ3n) is 6.45. The van der Waals surface area contributed by atoms with Crippen molar-refractivity contribution in [1.82, 2.24) is 0 Å². The minimum Gasteiger partial charge on any atom is -0.504 e. The van der Waals surface area contributed by atoms with Crippen molar-refractivity contribution < 1.29 is 14.9 Å². The molecular formula is C28H50O3. The number of benzene rings is 1. The SMILES string of the molecule is CCCCCCCCCCC(C)(CCCCCCCCCC)Oc1cccc(O)c1O. The largest absolute Gasteiger partial charge is 0.504 e. The van der Waals surface area contributed by atoms with Crippen LogP contribution in [0.5, 0.6) is 17.2 Å². The maximum absolute atomic E-state index is 10.2. The molecule has 0 spiro atoms. The second-order valence-corrected chi connectivity index (χ2v) is 9.63. The number of para-hydroxylation sites is 1. The number of unbranched alkanes of at least 4 members (excludes halogenated alkanes) is 14. The van der Waals surface area contributed by atoms with E-state index in [-0.39, 0.29) is 17.1 Å². The molecule has 1 aromatic carbocycles. The summed E-state index contributed by atoms with van der Waals surface area (Å²) in [6.45, 7) is 6.70. The Balaban J connectivity index is 2.46. The fourth-order valence-corrected chi connectivity index (χ4v) is 4.35. The zero-order valence-corrected chi connectivity index (χ0v) is 20.8. The summed E-state index contributed by atoms with van der Waals surface area (Å²) in [7, 11) is 0. The van der Waals surface area contributed by atoms with Crippen LogP contribution in [0.25, 0.3) is 0 Å². The van der Waals surface area contributed by atoms with Crippen molar-refractivity contribution in [3.63, 3.8) is 0 Å². The predicted octanol–water partition coefficient (Wildman–Crippen LogP) is 9.30. The Kier molecular flexibility index (Phi) is 15.4. The van der Waals surface area contributed by atoms with Crippen LogP contribution in [0, 0.1) is 0 Å². The fraction of sp³-hybridized carbons (Fsp3) is 0.786. The standard InChI is InChI=1S/C28H50O3/c1-4-6-8-10-12-14-16-18-23-28(3,24-19-17-15-13-11-9-7-5-2)31-26-22-20-21-25(29)27(26)30/h20-22,29-30H,4-19,23-24H2,1-3H3. The Labute approximate surface area is 192 Å². The van der Waals surface area contributed by atoms with Crippen molar-refractivity contribution in [2.75, 3.05) is 0 Å². The quantitative estimate of drug-likeness (QED) is 0.159. The highest BCUT2D eigenvalue weighted by Crippen LogP contribution is 2.39. The van der Waals surface area contributed by atoms with Crippen molar-refractivity contribution in [3.05, 3.63) is 18.2 Å². The van der Waals surface area contributed by atoms with E-state index in [4.69, 9.17) is 4.74 Å². The summed E-state index contributed by atoms with van der Waals surface area (Å²) < 4.78 is 6.32. The maximum Gasteiger partial charge on any atom is 0.200 e. The highest BCUT2D eigenvalue weighted by Gasteiger charge is 2.27. The van der Waals surface area contributed by atoms with E-state index in [1.165, 1.54) is 96.0 Å². The van der Waals surface area contributed by atoms with Gasteiger partial charge in [0.05, 0.1) is 0 Å². The molecule has 2 N–H and O–H groups in total. The van der Waals surface area contributed by atoms with Crippen LogP contribution in [0.4, 0.5) is 0 Å². The fourth-order valence-electron chi connectivity index (χ4n) is 4.35. The van der Waals surface area contributed by atoms with Crippen molar-refractivity contribution in [1.29, 1.82) is 0 Å². The number of rotatable bonds is 20. The molecule has 0 aromatic heterocycles. The normalized spacial score (nSPS) is 11.7. The van der Waals surface area contributed by atoms with Crippen molar-refractivity contribution in [2.45, 2.75) is 142 Å². The summed E-state index contributed by atoms with van der Waals surface area (Å²) in [5.41, 5.74) is -0.296. The molecule has 31 heavy (non-hydrogen) atoms. The first kappa shape index (κ1) is 27.7. The molecule has 0 amide bonds. The molecule has 0 aliphatic carbocycles. The summed E-state index contributed by atoms with van der Waals surface area (Å²) >= 11 is 0. The van der Waals surface area contributed by atoms with E-state index in [0.29, 0.717) is 5.75 Å². The molecule has 1 aromatic rings. The summed E-state index contributed by atoms with van der Waals surface area (Å²) in [5, 5.41) is 20.0. The van der Waals surface area contributed by atoms with Crippen LogP contribution in [0.15, 0.2) is 18.2 Å². The molecule has 0 radical (unpaired) electrons. The molecule has 0 saturated heterocycles. The Bertz CT molecular complexity index is 535. The van der Waals surface area contributed by atoms with Gasteiger partial charge in [-0.25, -0.2) is 0 Å². The molecule has 0 unspecified atom stereocenters. The number of phenolic OH excluding ortho intramolecular Hbond substituents is 2. The first-order valence-electron chi connectivity index (χ1n) is 13.2. The summed E-state index contributed by atoms with van der Waals surface area (Å²) in [4.78, 5) is 0. The summed E-state index contributed by atoms with van der Waals surface area (Å²) in [6, 6.07) is 4.99. The molecule has 0 aliphatic rings. The van der Waals surface area contributed by atoms with E-state index in [9.17, 15) is 10.2 Å². The third kappa shape index (κ3) is 12.9. The summed E-state index contributed by atoms with van der Waals surface area (Å²) in [6.07, 6.45) is 22.8. The first-order valence-corrected chi connectivity index (χ1v) is 13.2. The van der Waals surface area contributed by atoms with Crippen LogP contribution in [-0.4, -0.2) is 15.8 Å². The van der Waals surface area contributed by atoms with Gasteiger partial charge in [-0.3, -0.25) is 0 Å². The van der Waals surface area contributed by atoms with E-state index < -0.39 is 0 Å². The minimum atomic E-state index is -0.296. The molecule has 0 aliphatic heterocycles. The van der Waals surface area contributed by atoms with Gasteiger partial charge in [0, 0.05) is 0 Å². The van der Waals surface area contributed by atoms with Gasteiger partial charge in [-0.05, 0) is 44.7 Å². The first-order chi connectivity index (χ1) is 15.0. The van der Waals surface area contributed by atoms with Crippen LogP contribution in [0.1, 0.15) is 136 Å². The Morgan fingerprint density at radius 1 is 0.645 bits per heavy atom. The molecule has 0 bridgehead atoms. The number of hydrogen-bond donors (Lipinski definition) is 2. The second-order valence-electron chi connectivity index (χ2n) is 9.63. The van der Waals surface area contributed by atoms with Gasteiger partial charge in [-0.1, -0.05) is 110 Å². The highest BCUT2D eigenvalue weighted by atomic mass is 16.5. The topological polar surface area (TPSA) is 49.7 Å². The summed E-state index contributed by atoms with van der Waals surface area (Å²) in [5.74, 6) is 0.154. The van der Waals surface area contributed by atoms with Crippen LogP contribution in [-0.2, 0) is 0 Å². The molecule has 3 nitrogen and oxygen atoms in total. The van der Waals surface area contributed by atoms with Crippen LogP contribution >= 0.6 is 0 Å². The second kappa shape index (κ2) is 17.2. The van der Waals surface area contributed by atoms with E-state index in [1.54, 1.807) is 12.1 Å². The molecule has 0 fully saturated rings. The predicted molar refractivity (Wildman–Crippen MR) is 133 cm³/mol. The van der Waals surface area contributed by atoms with Gasteiger partial charge in [0.25, 0.3) is 0 Å². The van der Waals surface area contributed by atoms with Gasteiger partial charge >= 0.3 is 0 Å². The monoisotopic (exact) mass is 434 g/mol.